The van der Waals surface area contributed by atoms with E-state index in [1.54, 1.807) is 7.11 Å². The topological polar surface area (TPSA) is 30.3 Å². The van der Waals surface area contributed by atoms with E-state index < -0.39 is 0 Å². The predicted octanol–water partition coefficient (Wildman–Crippen LogP) is 3.30. The number of nitrogens with zero attached hydrogens (tertiary/aromatic N) is 3. The van der Waals surface area contributed by atoms with Crippen LogP contribution in [0.25, 0.3) is 0 Å². The molecule has 0 bridgehead atoms. The summed E-state index contributed by atoms with van der Waals surface area (Å²) < 4.78 is 7.39. The Hall–Kier alpha value is -1.65. The second-order valence-corrected chi connectivity index (χ2v) is 6.34. The van der Waals surface area contributed by atoms with Gasteiger partial charge in [0.2, 0.25) is 0 Å². The van der Waals surface area contributed by atoms with Crippen molar-refractivity contribution in [3.8, 4) is 0 Å². The highest BCUT2D eigenvalue weighted by Crippen LogP contribution is 2.28. The Labute approximate surface area is 139 Å². The van der Waals surface area contributed by atoms with Crippen LogP contribution >= 0.6 is 0 Å². The second kappa shape index (κ2) is 8.27. The monoisotopic (exact) mass is 313 g/mol. The lowest BCUT2D eigenvalue weighted by atomic mass is 9.92. The lowest BCUT2D eigenvalue weighted by molar-refractivity contribution is 0.184. The van der Waals surface area contributed by atoms with Crippen LogP contribution in [0, 0.1) is 0 Å². The van der Waals surface area contributed by atoms with Gasteiger partial charge in [0.1, 0.15) is 5.82 Å². The third kappa shape index (κ3) is 4.43. The number of hydrogen-bond acceptors (Lipinski definition) is 3. The molecule has 3 rings (SSSR count). The van der Waals surface area contributed by atoms with Gasteiger partial charge in [0.25, 0.3) is 0 Å². The molecule has 1 aliphatic rings. The first-order chi connectivity index (χ1) is 11.4. The summed E-state index contributed by atoms with van der Waals surface area (Å²) in [5, 5.41) is 0. The van der Waals surface area contributed by atoms with E-state index in [0.29, 0.717) is 5.92 Å². The lowest BCUT2D eigenvalue weighted by Gasteiger charge is -2.20. The van der Waals surface area contributed by atoms with Crippen LogP contribution in [0.1, 0.15) is 36.6 Å². The molecule has 23 heavy (non-hydrogen) atoms. The molecule has 0 spiro atoms. The van der Waals surface area contributed by atoms with E-state index in [-0.39, 0.29) is 0 Å². The van der Waals surface area contributed by atoms with Gasteiger partial charge in [0.05, 0.1) is 13.2 Å². The van der Waals surface area contributed by atoms with E-state index in [9.17, 15) is 0 Å². The number of aromatic nitrogens is 2. The molecule has 0 radical (unpaired) electrons. The van der Waals surface area contributed by atoms with Crippen molar-refractivity contribution in [2.75, 3.05) is 26.8 Å². The van der Waals surface area contributed by atoms with Crippen LogP contribution in [0.15, 0.2) is 42.7 Å². The zero-order chi connectivity index (χ0) is 15.9. The average Bonchev–Trinajstić information content (AvgIpc) is 2.89. The van der Waals surface area contributed by atoms with Gasteiger partial charge in [0, 0.05) is 26.0 Å². The van der Waals surface area contributed by atoms with Gasteiger partial charge >= 0.3 is 0 Å². The normalized spacial score (nSPS) is 19.6. The van der Waals surface area contributed by atoms with Crippen molar-refractivity contribution in [3.63, 3.8) is 0 Å². The van der Waals surface area contributed by atoms with Crippen molar-refractivity contribution in [1.29, 1.82) is 0 Å². The molecule has 0 aliphatic carbocycles. The van der Waals surface area contributed by atoms with Gasteiger partial charge in [-0.15, -0.1) is 0 Å². The summed E-state index contributed by atoms with van der Waals surface area (Å²) in [5.41, 5.74) is 1.50. The van der Waals surface area contributed by atoms with Gasteiger partial charge in [-0.25, -0.2) is 4.98 Å². The van der Waals surface area contributed by atoms with E-state index in [1.165, 1.54) is 31.4 Å². The minimum Gasteiger partial charge on any atom is -0.383 e. The minimum absolute atomic E-state index is 0.703. The largest absolute Gasteiger partial charge is 0.383 e. The first-order valence-electron chi connectivity index (χ1n) is 8.63. The fourth-order valence-corrected chi connectivity index (χ4v) is 3.46. The SMILES string of the molecule is COCCn1ccnc1CN1CCC[C@@H](c2ccccc2)CC1. The van der Waals surface area contributed by atoms with Crippen molar-refractivity contribution < 1.29 is 4.74 Å². The van der Waals surface area contributed by atoms with Gasteiger partial charge in [-0.1, -0.05) is 30.3 Å². The van der Waals surface area contributed by atoms with E-state index in [0.717, 1.165) is 32.1 Å². The number of rotatable bonds is 6. The molecule has 0 N–H and O–H groups in total. The quantitative estimate of drug-likeness (QED) is 0.820. The van der Waals surface area contributed by atoms with E-state index in [2.05, 4.69) is 51.0 Å². The summed E-state index contributed by atoms with van der Waals surface area (Å²) in [6.07, 6.45) is 7.74. The third-order valence-corrected chi connectivity index (χ3v) is 4.79. The number of likely N-dealkylation sites (tertiary alicyclic amines) is 1. The zero-order valence-corrected chi connectivity index (χ0v) is 14.0. The summed E-state index contributed by atoms with van der Waals surface area (Å²) in [6, 6.07) is 11.0. The van der Waals surface area contributed by atoms with Crippen LogP contribution in [-0.4, -0.2) is 41.3 Å². The Balaban J connectivity index is 1.57. The third-order valence-electron chi connectivity index (χ3n) is 4.79. The van der Waals surface area contributed by atoms with Crippen LogP contribution in [0.4, 0.5) is 0 Å². The summed E-state index contributed by atoms with van der Waals surface area (Å²) >= 11 is 0. The molecule has 1 saturated heterocycles. The summed E-state index contributed by atoms with van der Waals surface area (Å²) in [7, 11) is 1.75. The first-order valence-corrected chi connectivity index (χ1v) is 8.63. The molecule has 4 nitrogen and oxygen atoms in total. The fourth-order valence-electron chi connectivity index (χ4n) is 3.46. The minimum atomic E-state index is 0.703. The molecule has 1 aliphatic heterocycles. The standard InChI is InChI=1S/C19H27N3O/c1-23-15-14-22-13-10-20-19(22)16-21-11-5-8-18(9-12-21)17-6-3-2-4-7-17/h2-4,6-7,10,13,18H,5,8-9,11-12,14-16H2,1H3/t18-/m1/s1. The Morgan fingerprint density at radius 2 is 2.04 bits per heavy atom. The molecule has 0 saturated carbocycles. The zero-order valence-electron chi connectivity index (χ0n) is 14.0. The van der Waals surface area contributed by atoms with Crippen LogP contribution in [0.5, 0.6) is 0 Å². The summed E-state index contributed by atoms with van der Waals surface area (Å²) in [4.78, 5) is 7.09. The molecule has 124 valence electrons. The number of hydrogen-bond donors (Lipinski definition) is 0. The maximum Gasteiger partial charge on any atom is 0.122 e. The molecule has 1 aromatic carbocycles. The van der Waals surface area contributed by atoms with Gasteiger partial charge < -0.3 is 9.30 Å². The molecule has 1 fully saturated rings. The van der Waals surface area contributed by atoms with Crippen LogP contribution in [0.2, 0.25) is 0 Å². The number of imidazole rings is 1. The second-order valence-electron chi connectivity index (χ2n) is 6.34. The van der Waals surface area contributed by atoms with Crippen LogP contribution in [0.3, 0.4) is 0 Å². The number of methoxy groups -OCH3 is 1. The number of ether oxygens (including phenoxy) is 1. The van der Waals surface area contributed by atoms with Gasteiger partial charge in [0.15, 0.2) is 0 Å². The molecule has 4 heteroatoms. The van der Waals surface area contributed by atoms with Crippen molar-refractivity contribution in [2.24, 2.45) is 0 Å². The fraction of sp³-hybridized carbons (Fsp3) is 0.526. The van der Waals surface area contributed by atoms with Crippen LogP contribution < -0.4 is 0 Å². The van der Waals surface area contributed by atoms with Crippen molar-refractivity contribution in [3.05, 3.63) is 54.1 Å². The molecule has 2 aromatic rings. The molecule has 0 unspecified atom stereocenters. The van der Waals surface area contributed by atoms with Crippen molar-refractivity contribution >= 4 is 0 Å². The summed E-state index contributed by atoms with van der Waals surface area (Å²) in [6.45, 7) is 4.88. The van der Waals surface area contributed by atoms with E-state index >= 15 is 0 Å². The Bertz CT molecular complexity index is 581. The molecular formula is C19H27N3O. The van der Waals surface area contributed by atoms with Gasteiger partial charge in [-0.2, -0.15) is 0 Å². The van der Waals surface area contributed by atoms with Gasteiger partial charge in [-0.3, -0.25) is 4.90 Å². The lowest BCUT2D eigenvalue weighted by Crippen LogP contribution is -2.26. The molecule has 1 atom stereocenters. The highest BCUT2D eigenvalue weighted by atomic mass is 16.5. The van der Waals surface area contributed by atoms with Crippen molar-refractivity contribution in [2.45, 2.75) is 38.3 Å². The Morgan fingerprint density at radius 3 is 2.87 bits per heavy atom. The van der Waals surface area contributed by atoms with E-state index in [1.807, 2.05) is 6.20 Å². The highest BCUT2D eigenvalue weighted by molar-refractivity contribution is 5.19. The molecule has 0 amide bonds. The predicted molar refractivity (Wildman–Crippen MR) is 92.4 cm³/mol. The van der Waals surface area contributed by atoms with Crippen molar-refractivity contribution in [1.82, 2.24) is 14.5 Å². The smallest absolute Gasteiger partial charge is 0.122 e. The Kier molecular flexibility index (Phi) is 5.83. The van der Waals surface area contributed by atoms with Crippen LogP contribution in [-0.2, 0) is 17.8 Å². The number of benzene rings is 1. The van der Waals surface area contributed by atoms with E-state index in [4.69, 9.17) is 4.74 Å². The van der Waals surface area contributed by atoms with Gasteiger partial charge in [-0.05, 0) is 43.8 Å². The maximum atomic E-state index is 5.18. The molecule has 2 heterocycles. The molecular weight excluding hydrogens is 286 g/mol. The first kappa shape index (κ1) is 16.2. The summed E-state index contributed by atoms with van der Waals surface area (Å²) in [5.74, 6) is 1.86. The highest BCUT2D eigenvalue weighted by Gasteiger charge is 2.19. The average molecular weight is 313 g/mol. The Morgan fingerprint density at radius 1 is 1.17 bits per heavy atom. The molecule has 1 aromatic heterocycles. The maximum absolute atomic E-state index is 5.18.